The molecule has 0 N–H and O–H groups in total. The van der Waals surface area contributed by atoms with Crippen LogP contribution in [0.5, 0.6) is 0 Å². The van der Waals surface area contributed by atoms with Crippen molar-refractivity contribution in [1.29, 1.82) is 0 Å². The molecule has 104 valence electrons. The van der Waals surface area contributed by atoms with Crippen molar-refractivity contribution in [3.63, 3.8) is 0 Å². The highest BCUT2D eigenvalue weighted by molar-refractivity contribution is 9.11. The second kappa shape index (κ2) is 7.23. The molecule has 1 aliphatic carbocycles. The molecule has 1 amide bonds. The number of benzene rings is 1. The van der Waals surface area contributed by atoms with Crippen molar-refractivity contribution < 1.29 is 4.79 Å². The van der Waals surface area contributed by atoms with Gasteiger partial charge in [0.15, 0.2) is 0 Å². The molecular formula is C14H16Br3NO. The molecule has 1 aromatic carbocycles. The average Bonchev–Trinajstić information content (AvgIpc) is 2.34. The lowest BCUT2D eigenvalue weighted by Gasteiger charge is -2.37. The summed E-state index contributed by atoms with van der Waals surface area (Å²) in [6.07, 6.45) is 4.51. The Bertz CT molecular complexity index is 460. The zero-order chi connectivity index (χ0) is 13.8. The smallest absolute Gasteiger partial charge is 0.255 e. The predicted molar refractivity (Wildman–Crippen MR) is 88.9 cm³/mol. The summed E-state index contributed by atoms with van der Waals surface area (Å²) in [7, 11) is 0. The molecule has 1 aromatic rings. The molecule has 0 saturated heterocycles. The summed E-state index contributed by atoms with van der Waals surface area (Å²) in [5.41, 5.74) is 0.746. The molecule has 0 bridgehead atoms. The van der Waals surface area contributed by atoms with E-state index in [1.165, 1.54) is 6.42 Å². The van der Waals surface area contributed by atoms with Crippen LogP contribution in [0.1, 0.15) is 36.0 Å². The van der Waals surface area contributed by atoms with Crippen LogP contribution >= 0.6 is 47.8 Å². The molecule has 0 aliphatic heterocycles. The third-order valence-corrected chi connectivity index (χ3v) is 5.21. The fraction of sp³-hybridized carbons (Fsp3) is 0.500. The van der Waals surface area contributed by atoms with Crippen LogP contribution in [0, 0.1) is 0 Å². The van der Waals surface area contributed by atoms with E-state index >= 15 is 0 Å². The summed E-state index contributed by atoms with van der Waals surface area (Å²) in [5, 5.41) is 0.934. The number of alkyl halides is 1. The highest BCUT2D eigenvalue weighted by atomic mass is 79.9. The zero-order valence-corrected chi connectivity index (χ0v) is 15.3. The van der Waals surface area contributed by atoms with Gasteiger partial charge in [0.25, 0.3) is 5.91 Å². The molecule has 1 aliphatic rings. The van der Waals surface area contributed by atoms with E-state index in [4.69, 9.17) is 0 Å². The fourth-order valence-corrected chi connectivity index (χ4v) is 3.22. The van der Waals surface area contributed by atoms with E-state index in [9.17, 15) is 4.79 Å². The van der Waals surface area contributed by atoms with Gasteiger partial charge in [-0.05, 0) is 59.8 Å². The third kappa shape index (κ3) is 3.82. The Morgan fingerprint density at radius 3 is 2.63 bits per heavy atom. The van der Waals surface area contributed by atoms with E-state index in [2.05, 4.69) is 47.8 Å². The Morgan fingerprint density at radius 1 is 1.32 bits per heavy atom. The van der Waals surface area contributed by atoms with E-state index < -0.39 is 0 Å². The maximum absolute atomic E-state index is 12.7. The van der Waals surface area contributed by atoms with Crippen LogP contribution < -0.4 is 0 Å². The number of hydrogen-bond acceptors (Lipinski definition) is 1. The minimum atomic E-state index is 0.138. The summed E-state index contributed by atoms with van der Waals surface area (Å²) in [6, 6.07) is 6.18. The lowest BCUT2D eigenvalue weighted by Crippen LogP contribution is -2.45. The molecule has 0 atom stereocenters. The maximum atomic E-state index is 12.7. The Labute approximate surface area is 139 Å². The van der Waals surface area contributed by atoms with Gasteiger partial charge in [0.1, 0.15) is 0 Å². The van der Waals surface area contributed by atoms with Crippen LogP contribution in [-0.2, 0) is 0 Å². The molecule has 0 spiro atoms. The lowest BCUT2D eigenvalue weighted by molar-refractivity contribution is 0.0580. The molecule has 0 heterocycles. The Hall–Kier alpha value is 0.130. The summed E-state index contributed by atoms with van der Waals surface area (Å²) in [6.45, 7) is 0.827. The molecular weight excluding hydrogens is 438 g/mol. The lowest BCUT2D eigenvalue weighted by atomic mass is 9.91. The molecule has 2 nitrogen and oxygen atoms in total. The van der Waals surface area contributed by atoms with Gasteiger partial charge in [-0.25, -0.2) is 0 Å². The van der Waals surface area contributed by atoms with Gasteiger partial charge in [-0.15, -0.1) is 0 Å². The fourth-order valence-electron chi connectivity index (χ4n) is 2.19. The van der Waals surface area contributed by atoms with Gasteiger partial charge in [-0.2, -0.15) is 0 Å². The van der Waals surface area contributed by atoms with E-state index in [1.54, 1.807) is 0 Å². The van der Waals surface area contributed by atoms with Gasteiger partial charge < -0.3 is 4.90 Å². The van der Waals surface area contributed by atoms with Gasteiger partial charge in [0.05, 0.1) is 5.56 Å². The molecule has 2 rings (SSSR count). The maximum Gasteiger partial charge on any atom is 0.255 e. The van der Waals surface area contributed by atoms with Crippen molar-refractivity contribution in [3.8, 4) is 0 Å². The first kappa shape index (κ1) is 15.5. The van der Waals surface area contributed by atoms with Crippen molar-refractivity contribution in [2.75, 3.05) is 11.9 Å². The summed E-state index contributed by atoms with van der Waals surface area (Å²) in [4.78, 5) is 14.8. The second-order valence-corrected chi connectivity index (χ2v) is 7.31. The quantitative estimate of drug-likeness (QED) is 0.575. The Kier molecular flexibility index (Phi) is 5.90. The van der Waals surface area contributed by atoms with Gasteiger partial charge in [0.2, 0.25) is 0 Å². The van der Waals surface area contributed by atoms with Crippen LogP contribution in [0.3, 0.4) is 0 Å². The number of rotatable bonds is 5. The topological polar surface area (TPSA) is 20.3 Å². The third-order valence-electron chi connectivity index (χ3n) is 3.47. The van der Waals surface area contributed by atoms with Gasteiger partial charge in [-0.3, -0.25) is 4.79 Å². The summed E-state index contributed by atoms with van der Waals surface area (Å²) >= 11 is 10.4. The van der Waals surface area contributed by atoms with E-state index in [0.29, 0.717) is 6.04 Å². The number of hydrogen-bond donors (Lipinski definition) is 0. The van der Waals surface area contributed by atoms with E-state index in [1.807, 2.05) is 23.1 Å². The molecule has 1 saturated carbocycles. The standard InChI is InChI=1S/C14H16Br3NO/c15-7-2-8-18(11-3-1-4-11)14(19)12-9-10(16)5-6-13(12)17/h5-6,9,11H,1-4,7-8H2. The SMILES string of the molecule is O=C(c1cc(Br)ccc1Br)N(CCCBr)C1CCC1. The normalized spacial score (nSPS) is 15.1. The average molecular weight is 454 g/mol. The molecule has 0 aromatic heterocycles. The van der Waals surface area contributed by atoms with Crippen molar-refractivity contribution >= 4 is 53.7 Å². The number of halogens is 3. The first-order chi connectivity index (χ1) is 9.13. The number of carbonyl (C=O) groups excluding carboxylic acids is 1. The highest BCUT2D eigenvalue weighted by Crippen LogP contribution is 2.29. The number of carbonyl (C=O) groups is 1. The van der Waals surface area contributed by atoms with Crippen molar-refractivity contribution in [1.82, 2.24) is 4.90 Å². The molecule has 0 unspecified atom stereocenters. The van der Waals surface area contributed by atoms with E-state index in [0.717, 1.165) is 45.6 Å². The largest absolute Gasteiger partial charge is 0.336 e. The van der Waals surface area contributed by atoms with Crippen molar-refractivity contribution in [2.24, 2.45) is 0 Å². The molecule has 0 radical (unpaired) electrons. The van der Waals surface area contributed by atoms with Crippen LogP contribution in [-0.4, -0.2) is 28.7 Å². The second-order valence-electron chi connectivity index (χ2n) is 4.75. The first-order valence-electron chi connectivity index (χ1n) is 6.45. The van der Waals surface area contributed by atoms with Crippen LogP contribution in [0.2, 0.25) is 0 Å². The van der Waals surface area contributed by atoms with E-state index in [-0.39, 0.29) is 5.91 Å². The summed E-state index contributed by atoms with van der Waals surface area (Å²) in [5.74, 6) is 0.138. The Balaban J connectivity index is 2.19. The van der Waals surface area contributed by atoms with Crippen molar-refractivity contribution in [2.45, 2.75) is 31.7 Å². The molecule has 19 heavy (non-hydrogen) atoms. The first-order valence-corrected chi connectivity index (χ1v) is 9.16. The number of nitrogens with zero attached hydrogens (tertiary/aromatic N) is 1. The van der Waals surface area contributed by atoms with Gasteiger partial charge >= 0.3 is 0 Å². The minimum Gasteiger partial charge on any atom is -0.336 e. The zero-order valence-electron chi connectivity index (χ0n) is 10.5. The Morgan fingerprint density at radius 2 is 2.05 bits per heavy atom. The van der Waals surface area contributed by atoms with Crippen LogP contribution in [0.25, 0.3) is 0 Å². The molecule has 5 heteroatoms. The predicted octanol–water partition coefficient (Wildman–Crippen LogP) is 4.99. The van der Waals surface area contributed by atoms with Gasteiger partial charge in [-0.1, -0.05) is 31.9 Å². The summed E-state index contributed by atoms with van der Waals surface area (Å²) < 4.78 is 1.80. The van der Waals surface area contributed by atoms with Crippen molar-refractivity contribution in [3.05, 3.63) is 32.7 Å². The van der Waals surface area contributed by atoms with Crippen LogP contribution in [0.15, 0.2) is 27.1 Å². The monoisotopic (exact) mass is 451 g/mol. The van der Waals surface area contributed by atoms with Gasteiger partial charge in [0, 0.05) is 26.9 Å². The number of amides is 1. The highest BCUT2D eigenvalue weighted by Gasteiger charge is 2.29. The van der Waals surface area contributed by atoms with Crippen LogP contribution in [0.4, 0.5) is 0 Å². The minimum absolute atomic E-state index is 0.138. The molecule has 1 fully saturated rings.